The third kappa shape index (κ3) is 1.64. The fourth-order valence-corrected chi connectivity index (χ4v) is 5.97. The van der Waals surface area contributed by atoms with Crippen LogP contribution in [0.4, 0.5) is 0 Å². The van der Waals surface area contributed by atoms with Crippen molar-refractivity contribution in [2.75, 3.05) is 7.11 Å². The van der Waals surface area contributed by atoms with Crippen LogP contribution >= 0.6 is 11.8 Å². The molecule has 4 nitrogen and oxygen atoms in total. The van der Waals surface area contributed by atoms with E-state index in [1.165, 1.54) is 18.9 Å². The molecule has 5 atom stereocenters. The molecule has 0 radical (unpaired) electrons. The number of carbonyl (C=O) groups is 2. The van der Waals surface area contributed by atoms with Crippen molar-refractivity contribution in [2.24, 2.45) is 17.8 Å². The third-order valence-electron chi connectivity index (χ3n) is 5.09. The van der Waals surface area contributed by atoms with Crippen LogP contribution in [0.2, 0.25) is 0 Å². The van der Waals surface area contributed by atoms with E-state index in [1.807, 2.05) is 30.3 Å². The van der Waals surface area contributed by atoms with E-state index in [0.717, 1.165) is 17.7 Å². The minimum Gasteiger partial charge on any atom is -0.469 e. The second-order valence-corrected chi connectivity index (χ2v) is 7.34. The molecule has 1 aliphatic heterocycles. The number of hydrogen-bond donors (Lipinski definition) is 0. The molecule has 1 aromatic rings. The van der Waals surface area contributed by atoms with E-state index in [2.05, 4.69) is 0 Å². The molecule has 5 unspecified atom stereocenters. The third-order valence-corrected chi connectivity index (χ3v) is 6.66. The van der Waals surface area contributed by atoms with Gasteiger partial charge in [0.05, 0.1) is 13.0 Å². The summed E-state index contributed by atoms with van der Waals surface area (Å²) in [4.78, 5) is 25.9. The SMILES string of the molecule is COC(=O)C1C2CC3OC(=O)C1(Sc1ccccc1)C3C2. The van der Waals surface area contributed by atoms with Crippen LogP contribution in [0.3, 0.4) is 0 Å². The summed E-state index contributed by atoms with van der Waals surface area (Å²) < 4.78 is 9.77. The molecule has 21 heavy (non-hydrogen) atoms. The molecule has 3 aliphatic rings. The van der Waals surface area contributed by atoms with Gasteiger partial charge in [-0.25, -0.2) is 0 Å². The van der Waals surface area contributed by atoms with Crippen LogP contribution in [0.1, 0.15) is 12.8 Å². The largest absolute Gasteiger partial charge is 0.469 e. The molecule has 0 N–H and O–H groups in total. The first kappa shape index (κ1) is 13.2. The zero-order chi connectivity index (χ0) is 14.6. The van der Waals surface area contributed by atoms with Gasteiger partial charge in [0.2, 0.25) is 0 Å². The molecule has 1 saturated heterocycles. The first-order chi connectivity index (χ1) is 10.2. The lowest BCUT2D eigenvalue weighted by atomic mass is 9.79. The fraction of sp³-hybridized carbons (Fsp3) is 0.500. The van der Waals surface area contributed by atoms with Crippen LogP contribution in [-0.2, 0) is 19.1 Å². The van der Waals surface area contributed by atoms with Gasteiger partial charge in [-0.2, -0.15) is 0 Å². The standard InChI is InChI=1S/C16H16O4S/c1-19-14(17)13-9-7-11-12(8-9)20-15(18)16(11,13)21-10-5-3-2-4-6-10/h2-6,9,11-13H,7-8H2,1H3. The summed E-state index contributed by atoms with van der Waals surface area (Å²) in [7, 11) is 1.40. The van der Waals surface area contributed by atoms with Crippen LogP contribution < -0.4 is 0 Å². The van der Waals surface area contributed by atoms with Gasteiger partial charge in [-0.05, 0) is 30.9 Å². The predicted octanol–water partition coefficient (Wildman–Crippen LogP) is 2.27. The molecular formula is C16H16O4S. The van der Waals surface area contributed by atoms with Crippen molar-refractivity contribution in [3.63, 3.8) is 0 Å². The second-order valence-electron chi connectivity index (χ2n) is 5.99. The molecule has 0 spiro atoms. The lowest BCUT2D eigenvalue weighted by Crippen LogP contribution is -2.47. The van der Waals surface area contributed by atoms with Crippen molar-refractivity contribution < 1.29 is 19.1 Å². The van der Waals surface area contributed by atoms with Gasteiger partial charge in [0.1, 0.15) is 10.9 Å². The Balaban J connectivity index is 1.78. The quantitative estimate of drug-likeness (QED) is 0.802. The summed E-state index contributed by atoms with van der Waals surface area (Å²) in [6.45, 7) is 0. The van der Waals surface area contributed by atoms with E-state index in [0.29, 0.717) is 0 Å². The highest BCUT2D eigenvalue weighted by molar-refractivity contribution is 8.01. The lowest BCUT2D eigenvalue weighted by Gasteiger charge is -2.33. The maximum Gasteiger partial charge on any atom is 0.324 e. The lowest BCUT2D eigenvalue weighted by molar-refractivity contribution is -0.152. The van der Waals surface area contributed by atoms with Gasteiger partial charge >= 0.3 is 11.9 Å². The number of rotatable bonds is 3. The first-order valence-corrected chi connectivity index (χ1v) is 8.01. The Hall–Kier alpha value is -1.49. The van der Waals surface area contributed by atoms with Crippen LogP contribution in [0, 0.1) is 17.8 Å². The molecule has 3 fully saturated rings. The van der Waals surface area contributed by atoms with Gasteiger partial charge in [0.25, 0.3) is 0 Å². The number of fused-ring (bicyclic) bond motifs is 1. The highest BCUT2D eigenvalue weighted by atomic mass is 32.2. The molecule has 0 amide bonds. The van der Waals surface area contributed by atoms with Gasteiger partial charge in [-0.3, -0.25) is 9.59 Å². The Morgan fingerprint density at radius 1 is 1.33 bits per heavy atom. The molecule has 1 aromatic carbocycles. The summed E-state index contributed by atoms with van der Waals surface area (Å²) >= 11 is 1.49. The summed E-state index contributed by atoms with van der Waals surface area (Å²) in [5.41, 5.74) is 0. The molecule has 2 aliphatic carbocycles. The van der Waals surface area contributed by atoms with Crippen molar-refractivity contribution in [3.05, 3.63) is 30.3 Å². The predicted molar refractivity (Wildman–Crippen MR) is 76.6 cm³/mol. The molecule has 5 heteroatoms. The number of esters is 2. The zero-order valence-corrected chi connectivity index (χ0v) is 12.5. The van der Waals surface area contributed by atoms with Gasteiger partial charge in [-0.15, -0.1) is 11.8 Å². The van der Waals surface area contributed by atoms with E-state index >= 15 is 0 Å². The van der Waals surface area contributed by atoms with Gasteiger partial charge in [0, 0.05) is 10.8 Å². The number of benzene rings is 1. The van der Waals surface area contributed by atoms with E-state index in [1.54, 1.807) is 0 Å². The van der Waals surface area contributed by atoms with Gasteiger partial charge < -0.3 is 9.47 Å². The minimum atomic E-state index is -0.790. The fourth-order valence-electron chi connectivity index (χ4n) is 4.34. The molecule has 0 aromatic heterocycles. The Labute approximate surface area is 127 Å². The molecule has 2 bridgehead atoms. The molecule has 4 rings (SSSR count). The molecule has 110 valence electrons. The summed E-state index contributed by atoms with van der Waals surface area (Å²) in [5, 5.41) is 0. The Kier molecular flexibility index (Phi) is 2.83. The Morgan fingerprint density at radius 2 is 2.10 bits per heavy atom. The highest BCUT2D eigenvalue weighted by Crippen LogP contribution is 2.66. The van der Waals surface area contributed by atoms with Gasteiger partial charge in [-0.1, -0.05) is 18.2 Å². The monoisotopic (exact) mass is 304 g/mol. The summed E-state index contributed by atoms with van der Waals surface area (Å²) in [6.07, 6.45) is 1.67. The molecule has 2 saturated carbocycles. The van der Waals surface area contributed by atoms with Crippen LogP contribution in [-0.4, -0.2) is 29.9 Å². The Bertz CT molecular complexity index is 602. The number of ether oxygens (including phenoxy) is 2. The van der Waals surface area contributed by atoms with Crippen molar-refractivity contribution >= 4 is 23.7 Å². The van der Waals surface area contributed by atoms with Crippen molar-refractivity contribution in [2.45, 2.75) is 28.6 Å². The summed E-state index contributed by atoms with van der Waals surface area (Å²) in [5.74, 6) is -0.562. The first-order valence-electron chi connectivity index (χ1n) is 7.20. The second kappa shape index (κ2) is 4.50. The average molecular weight is 304 g/mol. The van der Waals surface area contributed by atoms with Crippen LogP contribution in [0.15, 0.2) is 35.2 Å². The van der Waals surface area contributed by atoms with E-state index in [9.17, 15) is 9.59 Å². The van der Waals surface area contributed by atoms with Crippen molar-refractivity contribution in [1.82, 2.24) is 0 Å². The van der Waals surface area contributed by atoms with Crippen LogP contribution in [0.5, 0.6) is 0 Å². The molecule has 1 heterocycles. The number of methoxy groups -OCH3 is 1. The van der Waals surface area contributed by atoms with E-state index in [-0.39, 0.29) is 35.8 Å². The van der Waals surface area contributed by atoms with Crippen LogP contribution in [0.25, 0.3) is 0 Å². The maximum atomic E-state index is 12.6. The molecular weight excluding hydrogens is 288 g/mol. The van der Waals surface area contributed by atoms with E-state index < -0.39 is 4.75 Å². The van der Waals surface area contributed by atoms with Crippen molar-refractivity contribution in [3.8, 4) is 0 Å². The van der Waals surface area contributed by atoms with E-state index in [4.69, 9.17) is 9.47 Å². The average Bonchev–Trinajstić information content (AvgIpc) is 3.07. The van der Waals surface area contributed by atoms with Gasteiger partial charge in [0.15, 0.2) is 0 Å². The number of carbonyl (C=O) groups excluding carboxylic acids is 2. The highest BCUT2D eigenvalue weighted by Gasteiger charge is 2.74. The summed E-state index contributed by atoms with van der Waals surface area (Å²) in [6, 6.07) is 9.77. The maximum absolute atomic E-state index is 12.6. The Morgan fingerprint density at radius 3 is 2.81 bits per heavy atom. The topological polar surface area (TPSA) is 52.6 Å². The smallest absolute Gasteiger partial charge is 0.324 e. The number of thioether (sulfide) groups is 1. The normalized spacial score (nSPS) is 39.4. The number of hydrogen-bond acceptors (Lipinski definition) is 5. The minimum absolute atomic E-state index is 0.0142. The zero-order valence-electron chi connectivity index (χ0n) is 11.7. The van der Waals surface area contributed by atoms with Crippen molar-refractivity contribution in [1.29, 1.82) is 0 Å².